The Morgan fingerprint density at radius 1 is 1.08 bits per heavy atom. The van der Waals surface area contributed by atoms with Crippen LogP contribution in [0, 0.1) is 5.92 Å². The normalized spacial score (nSPS) is 15.0. The van der Waals surface area contributed by atoms with Crippen LogP contribution in [0.25, 0.3) is 0 Å². The van der Waals surface area contributed by atoms with Crippen molar-refractivity contribution in [1.29, 1.82) is 0 Å². The molecule has 1 aliphatic heterocycles. The fraction of sp³-hybridized carbons (Fsp3) is 0.381. The number of nitrogens with two attached hydrogens (primary N) is 1. The first kappa shape index (κ1) is 18.1. The number of hydrogen-bond acceptors (Lipinski definition) is 3. The lowest BCUT2D eigenvalue weighted by atomic mass is 9.90. The Morgan fingerprint density at radius 3 is 2.42 bits per heavy atom. The molecule has 2 amide bonds. The molecule has 0 spiro atoms. The molecule has 5 nitrogen and oxygen atoms in total. The summed E-state index contributed by atoms with van der Waals surface area (Å²) < 4.78 is 0. The molecule has 2 heterocycles. The standard InChI is InChI=1S/C21H25N3O2/c22-21(26)18-6-7-19(23-15-18)8-9-20(25)24-12-10-17(11-13-24)14-16-4-2-1-3-5-16/h1-7,15,17H,8-14H2,(H2,22,26). The van der Waals surface area contributed by atoms with Crippen molar-refractivity contribution >= 4 is 11.8 Å². The van der Waals surface area contributed by atoms with E-state index in [1.807, 2.05) is 11.0 Å². The number of hydrogen-bond donors (Lipinski definition) is 1. The van der Waals surface area contributed by atoms with Gasteiger partial charge in [-0.25, -0.2) is 0 Å². The zero-order chi connectivity index (χ0) is 18.4. The number of aryl methyl sites for hydroxylation is 1. The second kappa shape index (κ2) is 8.61. The van der Waals surface area contributed by atoms with E-state index < -0.39 is 5.91 Å². The lowest BCUT2D eigenvalue weighted by Crippen LogP contribution is -2.39. The fourth-order valence-electron chi connectivity index (χ4n) is 3.45. The van der Waals surface area contributed by atoms with Crippen molar-refractivity contribution in [3.63, 3.8) is 0 Å². The molecule has 0 unspecified atom stereocenters. The van der Waals surface area contributed by atoms with Gasteiger partial charge in [-0.1, -0.05) is 30.3 Å². The van der Waals surface area contributed by atoms with Gasteiger partial charge in [0, 0.05) is 31.4 Å². The molecule has 2 aromatic rings. The summed E-state index contributed by atoms with van der Waals surface area (Å²) in [6.45, 7) is 1.68. The monoisotopic (exact) mass is 351 g/mol. The Kier molecular flexibility index (Phi) is 6.00. The minimum atomic E-state index is -0.487. The molecule has 1 saturated heterocycles. The highest BCUT2D eigenvalue weighted by Gasteiger charge is 2.22. The third kappa shape index (κ3) is 4.91. The molecule has 1 aliphatic rings. The van der Waals surface area contributed by atoms with Gasteiger partial charge in [-0.2, -0.15) is 0 Å². The van der Waals surface area contributed by atoms with E-state index in [-0.39, 0.29) is 5.91 Å². The molecule has 3 rings (SSSR count). The van der Waals surface area contributed by atoms with Crippen molar-refractivity contribution in [3.05, 3.63) is 65.5 Å². The highest BCUT2D eigenvalue weighted by molar-refractivity contribution is 5.92. The van der Waals surface area contributed by atoms with Crippen LogP contribution in [0.1, 0.15) is 40.9 Å². The zero-order valence-corrected chi connectivity index (χ0v) is 14.9. The first-order chi connectivity index (χ1) is 12.6. The maximum Gasteiger partial charge on any atom is 0.250 e. The lowest BCUT2D eigenvalue weighted by molar-refractivity contribution is -0.132. The van der Waals surface area contributed by atoms with Gasteiger partial charge in [0.05, 0.1) is 5.56 Å². The van der Waals surface area contributed by atoms with E-state index in [4.69, 9.17) is 5.73 Å². The second-order valence-corrected chi connectivity index (χ2v) is 6.92. The summed E-state index contributed by atoms with van der Waals surface area (Å²) in [5.41, 5.74) is 7.78. The van der Waals surface area contributed by atoms with Crippen LogP contribution in [-0.4, -0.2) is 34.8 Å². The number of carbonyl (C=O) groups is 2. The summed E-state index contributed by atoms with van der Waals surface area (Å²) in [4.78, 5) is 29.7. The van der Waals surface area contributed by atoms with Gasteiger partial charge in [-0.05, 0) is 49.3 Å². The van der Waals surface area contributed by atoms with E-state index >= 15 is 0 Å². The van der Waals surface area contributed by atoms with Gasteiger partial charge < -0.3 is 10.6 Å². The Balaban J connectivity index is 1.42. The summed E-state index contributed by atoms with van der Waals surface area (Å²) in [6.07, 6.45) is 5.72. The molecule has 0 atom stereocenters. The van der Waals surface area contributed by atoms with Crippen molar-refractivity contribution in [2.45, 2.75) is 32.1 Å². The van der Waals surface area contributed by atoms with Crippen molar-refractivity contribution in [3.8, 4) is 0 Å². The van der Waals surface area contributed by atoms with Gasteiger partial charge in [0.2, 0.25) is 11.8 Å². The fourth-order valence-corrected chi connectivity index (χ4v) is 3.45. The first-order valence-electron chi connectivity index (χ1n) is 9.18. The largest absolute Gasteiger partial charge is 0.366 e. The second-order valence-electron chi connectivity index (χ2n) is 6.92. The molecule has 5 heteroatoms. The number of nitrogens with zero attached hydrogens (tertiary/aromatic N) is 2. The third-order valence-corrected chi connectivity index (χ3v) is 5.04. The molecule has 26 heavy (non-hydrogen) atoms. The van der Waals surface area contributed by atoms with E-state index in [2.05, 4.69) is 29.2 Å². The van der Waals surface area contributed by atoms with E-state index in [0.29, 0.717) is 24.3 Å². The SMILES string of the molecule is NC(=O)c1ccc(CCC(=O)N2CCC(Cc3ccccc3)CC2)nc1. The summed E-state index contributed by atoms with van der Waals surface area (Å²) >= 11 is 0. The smallest absolute Gasteiger partial charge is 0.250 e. The molecule has 1 aromatic carbocycles. The van der Waals surface area contributed by atoms with Crippen LogP contribution in [0.4, 0.5) is 0 Å². The molecule has 0 saturated carbocycles. The van der Waals surface area contributed by atoms with Crippen molar-refractivity contribution in [2.24, 2.45) is 11.7 Å². The Labute approximate surface area is 154 Å². The number of carbonyl (C=O) groups excluding carboxylic acids is 2. The molecule has 2 N–H and O–H groups in total. The summed E-state index contributed by atoms with van der Waals surface area (Å²) in [7, 11) is 0. The van der Waals surface area contributed by atoms with Crippen LogP contribution in [-0.2, 0) is 17.6 Å². The molecule has 0 bridgehead atoms. The third-order valence-electron chi connectivity index (χ3n) is 5.04. The highest BCUT2D eigenvalue weighted by atomic mass is 16.2. The molecule has 1 fully saturated rings. The average molecular weight is 351 g/mol. The molecule has 1 aromatic heterocycles. The first-order valence-corrected chi connectivity index (χ1v) is 9.18. The van der Waals surface area contributed by atoms with Crippen molar-refractivity contribution in [2.75, 3.05) is 13.1 Å². The van der Waals surface area contributed by atoms with Crippen LogP contribution in [0.15, 0.2) is 48.7 Å². The lowest BCUT2D eigenvalue weighted by Gasteiger charge is -2.32. The number of pyridine rings is 1. The quantitative estimate of drug-likeness (QED) is 0.869. The Hall–Kier alpha value is -2.69. The predicted octanol–water partition coefficient (Wildman–Crippen LogP) is 2.59. The molecule has 0 aliphatic carbocycles. The number of piperidine rings is 1. The van der Waals surface area contributed by atoms with Crippen molar-refractivity contribution < 1.29 is 9.59 Å². The Bertz CT molecular complexity index is 736. The minimum Gasteiger partial charge on any atom is -0.366 e. The number of likely N-dealkylation sites (tertiary alicyclic amines) is 1. The summed E-state index contributed by atoms with van der Waals surface area (Å²) in [6, 6.07) is 14.0. The van der Waals surface area contributed by atoms with E-state index in [0.717, 1.165) is 38.0 Å². The topological polar surface area (TPSA) is 76.3 Å². The van der Waals surface area contributed by atoms with Gasteiger partial charge in [0.15, 0.2) is 0 Å². The Morgan fingerprint density at radius 2 is 1.81 bits per heavy atom. The predicted molar refractivity (Wildman–Crippen MR) is 101 cm³/mol. The number of rotatable bonds is 6. The van der Waals surface area contributed by atoms with Crippen LogP contribution in [0.3, 0.4) is 0 Å². The van der Waals surface area contributed by atoms with Gasteiger partial charge in [-0.15, -0.1) is 0 Å². The highest BCUT2D eigenvalue weighted by Crippen LogP contribution is 2.22. The van der Waals surface area contributed by atoms with E-state index in [9.17, 15) is 9.59 Å². The average Bonchev–Trinajstić information content (AvgIpc) is 2.68. The van der Waals surface area contributed by atoms with Gasteiger partial charge >= 0.3 is 0 Å². The van der Waals surface area contributed by atoms with E-state index in [1.165, 1.54) is 11.8 Å². The van der Waals surface area contributed by atoms with Crippen LogP contribution < -0.4 is 5.73 Å². The molecule has 136 valence electrons. The number of benzene rings is 1. The van der Waals surface area contributed by atoms with Crippen LogP contribution >= 0.6 is 0 Å². The maximum atomic E-state index is 12.4. The van der Waals surface area contributed by atoms with Gasteiger partial charge in [0.25, 0.3) is 0 Å². The van der Waals surface area contributed by atoms with E-state index in [1.54, 1.807) is 12.1 Å². The maximum absolute atomic E-state index is 12.4. The zero-order valence-electron chi connectivity index (χ0n) is 14.9. The molecular formula is C21H25N3O2. The summed E-state index contributed by atoms with van der Waals surface area (Å²) in [5.74, 6) is 0.354. The summed E-state index contributed by atoms with van der Waals surface area (Å²) in [5, 5.41) is 0. The molecular weight excluding hydrogens is 326 g/mol. The van der Waals surface area contributed by atoms with Crippen molar-refractivity contribution in [1.82, 2.24) is 9.88 Å². The van der Waals surface area contributed by atoms with Gasteiger partial charge in [-0.3, -0.25) is 14.6 Å². The van der Waals surface area contributed by atoms with Gasteiger partial charge in [0.1, 0.15) is 0 Å². The number of aromatic nitrogens is 1. The number of amides is 2. The molecule has 0 radical (unpaired) electrons. The van der Waals surface area contributed by atoms with Crippen LogP contribution in [0.2, 0.25) is 0 Å². The van der Waals surface area contributed by atoms with Crippen LogP contribution in [0.5, 0.6) is 0 Å². The number of primary amides is 1. The minimum absolute atomic E-state index is 0.184.